The molecule has 1 aliphatic heterocycles. The Balaban J connectivity index is 1.61. The van der Waals surface area contributed by atoms with Crippen molar-refractivity contribution >= 4 is 11.9 Å². The molecule has 1 aromatic carbocycles. The molecule has 1 fully saturated rings. The van der Waals surface area contributed by atoms with Crippen LogP contribution in [-0.4, -0.2) is 50.2 Å². The minimum atomic E-state index is -0.993. The molecule has 0 unspecified atom stereocenters. The van der Waals surface area contributed by atoms with E-state index in [1.54, 1.807) is 17.0 Å². The molecule has 1 aromatic heterocycles. The first-order valence-electron chi connectivity index (χ1n) is 8.12. The van der Waals surface area contributed by atoms with E-state index in [4.69, 9.17) is 5.11 Å². The first-order valence-corrected chi connectivity index (χ1v) is 8.12. The summed E-state index contributed by atoms with van der Waals surface area (Å²) >= 11 is 0. The highest BCUT2D eigenvalue weighted by Gasteiger charge is 2.26. The van der Waals surface area contributed by atoms with Crippen LogP contribution in [0.25, 0.3) is 0 Å². The number of amides is 1. The number of aromatic nitrogens is 3. The van der Waals surface area contributed by atoms with E-state index in [0.717, 1.165) is 30.9 Å². The van der Waals surface area contributed by atoms with Crippen LogP contribution in [0.5, 0.6) is 0 Å². The van der Waals surface area contributed by atoms with Crippen molar-refractivity contribution in [2.45, 2.75) is 32.1 Å². The summed E-state index contributed by atoms with van der Waals surface area (Å²) in [5, 5.41) is 16.1. The number of carbonyl (C=O) groups excluding carboxylic acids is 1. The average Bonchev–Trinajstić information content (AvgIpc) is 3.10. The molecule has 2 N–H and O–H groups in total. The number of carboxylic acid groups (broad SMARTS) is 1. The van der Waals surface area contributed by atoms with Crippen LogP contribution in [0.1, 0.15) is 58.0 Å². The fourth-order valence-electron chi connectivity index (χ4n) is 2.93. The molecule has 0 atom stereocenters. The topological polar surface area (TPSA) is 99.2 Å². The standard InChI is InChI=1S/C17H20N4O3/c1-2-14-18-15(20-19-14)11-7-9-21(10-8-11)16(22)12-3-5-13(6-4-12)17(23)24/h3-6,11H,2,7-10H2,1H3,(H,23,24)(H,18,19,20). The maximum atomic E-state index is 12.5. The largest absolute Gasteiger partial charge is 0.478 e. The van der Waals surface area contributed by atoms with Gasteiger partial charge in [-0.3, -0.25) is 9.89 Å². The zero-order valence-electron chi connectivity index (χ0n) is 13.5. The van der Waals surface area contributed by atoms with Crippen molar-refractivity contribution in [3.8, 4) is 0 Å². The van der Waals surface area contributed by atoms with Crippen molar-refractivity contribution in [2.24, 2.45) is 0 Å². The molecule has 7 heteroatoms. The van der Waals surface area contributed by atoms with E-state index >= 15 is 0 Å². The Morgan fingerprint density at radius 3 is 2.38 bits per heavy atom. The fraction of sp³-hybridized carbons (Fsp3) is 0.412. The molecule has 0 radical (unpaired) electrons. The second-order valence-electron chi connectivity index (χ2n) is 5.94. The molecular formula is C17H20N4O3. The summed E-state index contributed by atoms with van der Waals surface area (Å²) in [4.78, 5) is 29.7. The number of aromatic amines is 1. The van der Waals surface area contributed by atoms with Gasteiger partial charge < -0.3 is 10.0 Å². The summed E-state index contributed by atoms with van der Waals surface area (Å²) in [6, 6.07) is 6.06. The lowest BCUT2D eigenvalue weighted by atomic mass is 9.95. The quantitative estimate of drug-likeness (QED) is 0.895. The number of piperidine rings is 1. The average molecular weight is 328 g/mol. The number of nitrogens with one attached hydrogen (secondary N) is 1. The highest BCUT2D eigenvalue weighted by atomic mass is 16.4. The predicted molar refractivity (Wildman–Crippen MR) is 87.0 cm³/mol. The SMILES string of the molecule is CCc1nc(C2CCN(C(=O)c3ccc(C(=O)O)cc3)CC2)n[nH]1. The summed E-state index contributed by atoms with van der Waals surface area (Å²) < 4.78 is 0. The summed E-state index contributed by atoms with van der Waals surface area (Å²) in [6.07, 6.45) is 2.50. The lowest BCUT2D eigenvalue weighted by molar-refractivity contribution is 0.0688. The highest BCUT2D eigenvalue weighted by Crippen LogP contribution is 2.26. The summed E-state index contributed by atoms with van der Waals surface area (Å²) in [7, 11) is 0. The van der Waals surface area contributed by atoms with E-state index in [0.29, 0.717) is 18.7 Å². The van der Waals surface area contributed by atoms with E-state index in [2.05, 4.69) is 15.2 Å². The minimum absolute atomic E-state index is 0.0605. The molecule has 24 heavy (non-hydrogen) atoms. The zero-order chi connectivity index (χ0) is 17.1. The van der Waals surface area contributed by atoms with Crippen LogP contribution >= 0.6 is 0 Å². The van der Waals surface area contributed by atoms with Crippen LogP contribution in [0, 0.1) is 0 Å². The second-order valence-corrected chi connectivity index (χ2v) is 5.94. The maximum absolute atomic E-state index is 12.5. The summed E-state index contributed by atoms with van der Waals surface area (Å²) in [6.45, 7) is 3.33. The molecular weight excluding hydrogens is 308 g/mol. The smallest absolute Gasteiger partial charge is 0.335 e. The van der Waals surface area contributed by atoms with Gasteiger partial charge in [0.1, 0.15) is 5.82 Å². The first kappa shape index (κ1) is 16.2. The number of nitrogens with zero attached hydrogens (tertiary/aromatic N) is 3. The van der Waals surface area contributed by atoms with Crippen LogP contribution in [-0.2, 0) is 6.42 Å². The van der Waals surface area contributed by atoms with Crippen LogP contribution in [0.15, 0.2) is 24.3 Å². The van der Waals surface area contributed by atoms with E-state index in [9.17, 15) is 9.59 Å². The van der Waals surface area contributed by atoms with Gasteiger partial charge in [-0.15, -0.1) is 0 Å². The number of hydrogen-bond acceptors (Lipinski definition) is 4. The van der Waals surface area contributed by atoms with Crippen molar-refractivity contribution in [2.75, 3.05) is 13.1 Å². The van der Waals surface area contributed by atoms with Gasteiger partial charge in [0, 0.05) is 31.0 Å². The molecule has 1 aliphatic rings. The Bertz CT molecular complexity index is 731. The first-order chi connectivity index (χ1) is 11.6. The van der Waals surface area contributed by atoms with Crippen LogP contribution in [0.2, 0.25) is 0 Å². The van der Waals surface area contributed by atoms with Crippen molar-refractivity contribution in [1.82, 2.24) is 20.1 Å². The van der Waals surface area contributed by atoms with Gasteiger partial charge in [0.2, 0.25) is 0 Å². The van der Waals surface area contributed by atoms with Gasteiger partial charge in [-0.1, -0.05) is 6.92 Å². The molecule has 0 spiro atoms. The van der Waals surface area contributed by atoms with Gasteiger partial charge in [0.15, 0.2) is 5.82 Å². The minimum Gasteiger partial charge on any atom is -0.478 e. The highest BCUT2D eigenvalue weighted by molar-refractivity contribution is 5.95. The van der Waals surface area contributed by atoms with Gasteiger partial charge >= 0.3 is 5.97 Å². The van der Waals surface area contributed by atoms with E-state index in [-0.39, 0.29) is 17.4 Å². The Kier molecular flexibility index (Phi) is 4.59. The van der Waals surface area contributed by atoms with E-state index < -0.39 is 5.97 Å². The molecule has 7 nitrogen and oxygen atoms in total. The third-order valence-corrected chi connectivity index (χ3v) is 4.41. The normalized spacial score (nSPS) is 15.5. The Hall–Kier alpha value is -2.70. The summed E-state index contributed by atoms with van der Waals surface area (Å²) in [5.41, 5.74) is 0.700. The molecule has 0 bridgehead atoms. The summed E-state index contributed by atoms with van der Waals surface area (Å²) in [5.74, 6) is 0.953. The number of aromatic carboxylic acids is 1. The molecule has 126 valence electrons. The van der Waals surface area contributed by atoms with Gasteiger partial charge in [-0.05, 0) is 37.1 Å². The number of benzene rings is 1. The number of hydrogen-bond donors (Lipinski definition) is 2. The van der Waals surface area contributed by atoms with Crippen LogP contribution in [0.3, 0.4) is 0 Å². The molecule has 1 amide bonds. The van der Waals surface area contributed by atoms with E-state index in [1.807, 2.05) is 6.92 Å². The van der Waals surface area contributed by atoms with Gasteiger partial charge in [0.25, 0.3) is 5.91 Å². The third-order valence-electron chi connectivity index (χ3n) is 4.41. The number of H-pyrrole nitrogens is 1. The number of rotatable bonds is 4. The number of carboxylic acids is 1. The van der Waals surface area contributed by atoms with Crippen LogP contribution < -0.4 is 0 Å². The van der Waals surface area contributed by atoms with Gasteiger partial charge in [-0.2, -0.15) is 5.10 Å². The Morgan fingerprint density at radius 1 is 1.21 bits per heavy atom. The lowest BCUT2D eigenvalue weighted by Gasteiger charge is -2.30. The molecule has 2 heterocycles. The third kappa shape index (κ3) is 3.29. The van der Waals surface area contributed by atoms with Gasteiger partial charge in [0.05, 0.1) is 5.56 Å². The molecule has 0 saturated carbocycles. The Morgan fingerprint density at radius 2 is 1.83 bits per heavy atom. The molecule has 2 aromatic rings. The number of likely N-dealkylation sites (tertiary alicyclic amines) is 1. The number of carbonyl (C=O) groups is 2. The molecule has 0 aliphatic carbocycles. The molecule has 1 saturated heterocycles. The van der Waals surface area contributed by atoms with E-state index in [1.165, 1.54) is 12.1 Å². The maximum Gasteiger partial charge on any atom is 0.335 e. The van der Waals surface area contributed by atoms with Crippen molar-refractivity contribution in [3.63, 3.8) is 0 Å². The second kappa shape index (κ2) is 6.82. The number of aryl methyl sites for hydroxylation is 1. The fourth-order valence-corrected chi connectivity index (χ4v) is 2.93. The van der Waals surface area contributed by atoms with Crippen molar-refractivity contribution in [1.29, 1.82) is 0 Å². The monoisotopic (exact) mass is 328 g/mol. The van der Waals surface area contributed by atoms with Gasteiger partial charge in [-0.25, -0.2) is 9.78 Å². The van der Waals surface area contributed by atoms with Crippen molar-refractivity contribution in [3.05, 3.63) is 47.0 Å². The predicted octanol–water partition coefficient (Wildman–Crippen LogP) is 2.09. The van der Waals surface area contributed by atoms with Crippen molar-refractivity contribution < 1.29 is 14.7 Å². The van der Waals surface area contributed by atoms with Crippen LogP contribution in [0.4, 0.5) is 0 Å². The Labute approximate surface area is 139 Å². The molecule has 3 rings (SSSR count). The lowest BCUT2D eigenvalue weighted by Crippen LogP contribution is -2.38. The zero-order valence-corrected chi connectivity index (χ0v) is 13.5.